The topological polar surface area (TPSA) is 68.3 Å². The van der Waals surface area contributed by atoms with Crippen molar-refractivity contribution in [2.75, 3.05) is 24.9 Å². The van der Waals surface area contributed by atoms with Gasteiger partial charge in [-0.15, -0.1) is 0 Å². The van der Waals surface area contributed by atoms with E-state index < -0.39 is 0 Å². The Balaban J connectivity index is 1.78. The van der Waals surface area contributed by atoms with Crippen molar-refractivity contribution in [2.24, 2.45) is 0 Å². The first-order valence-electron chi connectivity index (χ1n) is 8.25. The van der Waals surface area contributed by atoms with Crippen LogP contribution in [0, 0.1) is 13.8 Å². The Morgan fingerprint density at radius 3 is 2.23 bits per heavy atom. The molecule has 0 saturated carbocycles. The van der Waals surface area contributed by atoms with Crippen LogP contribution in [-0.4, -0.2) is 24.2 Å². The van der Waals surface area contributed by atoms with Crippen molar-refractivity contribution < 1.29 is 9.47 Å². The molecule has 3 rings (SSSR count). The van der Waals surface area contributed by atoms with Gasteiger partial charge in [0.15, 0.2) is 11.5 Å². The molecule has 0 aliphatic rings. The smallest absolute Gasteiger partial charge is 0.229 e. The van der Waals surface area contributed by atoms with Crippen LogP contribution >= 0.6 is 0 Å². The van der Waals surface area contributed by atoms with Crippen molar-refractivity contribution in [3.05, 3.63) is 59.8 Å². The van der Waals surface area contributed by atoms with Crippen LogP contribution in [-0.2, 0) is 0 Å². The maximum atomic E-state index is 5.32. The molecule has 134 valence electrons. The first-order chi connectivity index (χ1) is 12.6. The lowest BCUT2D eigenvalue weighted by molar-refractivity contribution is 0.355. The monoisotopic (exact) mass is 350 g/mol. The summed E-state index contributed by atoms with van der Waals surface area (Å²) in [5.41, 5.74) is 4.29. The molecule has 3 aromatic rings. The molecule has 0 bridgehead atoms. The molecule has 1 heterocycles. The van der Waals surface area contributed by atoms with Crippen LogP contribution < -0.4 is 20.1 Å². The summed E-state index contributed by atoms with van der Waals surface area (Å²) in [6.45, 7) is 4.18. The van der Waals surface area contributed by atoms with Gasteiger partial charge in [-0.05, 0) is 55.3 Å². The fraction of sp³-hybridized carbons (Fsp3) is 0.200. The van der Waals surface area contributed by atoms with Crippen LogP contribution in [0.1, 0.15) is 11.1 Å². The fourth-order valence-corrected chi connectivity index (χ4v) is 2.50. The maximum Gasteiger partial charge on any atom is 0.229 e. The molecule has 0 unspecified atom stereocenters. The first-order valence-corrected chi connectivity index (χ1v) is 8.25. The molecule has 2 aromatic carbocycles. The van der Waals surface area contributed by atoms with Crippen molar-refractivity contribution in [2.45, 2.75) is 13.8 Å². The minimum atomic E-state index is 0.492. The molecular weight excluding hydrogens is 328 g/mol. The third-order valence-corrected chi connectivity index (χ3v) is 4.07. The van der Waals surface area contributed by atoms with E-state index in [4.69, 9.17) is 9.47 Å². The number of rotatable bonds is 6. The molecule has 0 amide bonds. The summed E-state index contributed by atoms with van der Waals surface area (Å²) in [6, 6.07) is 13.6. The van der Waals surface area contributed by atoms with Gasteiger partial charge < -0.3 is 20.1 Å². The fourth-order valence-electron chi connectivity index (χ4n) is 2.50. The van der Waals surface area contributed by atoms with Crippen LogP contribution in [0.2, 0.25) is 0 Å². The number of anilines is 4. The van der Waals surface area contributed by atoms with Crippen molar-refractivity contribution >= 4 is 23.1 Å². The second-order valence-corrected chi connectivity index (χ2v) is 5.88. The molecule has 6 heteroatoms. The molecule has 0 spiro atoms. The van der Waals surface area contributed by atoms with E-state index in [1.807, 2.05) is 30.3 Å². The highest BCUT2D eigenvalue weighted by Crippen LogP contribution is 2.30. The minimum absolute atomic E-state index is 0.492. The molecule has 26 heavy (non-hydrogen) atoms. The summed E-state index contributed by atoms with van der Waals surface area (Å²) in [5.74, 6) is 2.52. The van der Waals surface area contributed by atoms with E-state index in [1.54, 1.807) is 20.4 Å². The van der Waals surface area contributed by atoms with Crippen molar-refractivity contribution in [1.29, 1.82) is 0 Å². The van der Waals surface area contributed by atoms with E-state index in [0.717, 1.165) is 11.4 Å². The third-order valence-electron chi connectivity index (χ3n) is 4.07. The normalized spacial score (nSPS) is 10.3. The zero-order valence-electron chi connectivity index (χ0n) is 15.3. The van der Waals surface area contributed by atoms with Crippen LogP contribution in [0.3, 0.4) is 0 Å². The lowest BCUT2D eigenvalue weighted by Gasteiger charge is -2.12. The van der Waals surface area contributed by atoms with Crippen LogP contribution in [0.25, 0.3) is 0 Å². The summed E-state index contributed by atoms with van der Waals surface area (Å²) < 4.78 is 10.6. The molecule has 0 saturated heterocycles. The molecule has 0 aliphatic carbocycles. The summed E-state index contributed by atoms with van der Waals surface area (Å²) in [4.78, 5) is 8.78. The highest BCUT2D eigenvalue weighted by atomic mass is 16.5. The Labute approximate surface area is 153 Å². The van der Waals surface area contributed by atoms with Gasteiger partial charge in [-0.1, -0.05) is 6.07 Å². The average molecular weight is 350 g/mol. The van der Waals surface area contributed by atoms with E-state index >= 15 is 0 Å². The number of aryl methyl sites for hydroxylation is 2. The van der Waals surface area contributed by atoms with Gasteiger partial charge in [-0.2, -0.15) is 4.98 Å². The van der Waals surface area contributed by atoms with Crippen LogP contribution in [0.4, 0.5) is 23.1 Å². The van der Waals surface area contributed by atoms with E-state index in [1.165, 1.54) is 11.1 Å². The number of nitrogens with zero attached hydrogens (tertiary/aromatic N) is 2. The number of hydrogen-bond acceptors (Lipinski definition) is 6. The quantitative estimate of drug-likeness (QED) is 0.677. The highest BCUT2D eigenvalue weighted by Gasteiger charge is 2.06. The molecule has 0 atom stereocenters. The molecule has 1 aromatic heterocycles. The van der Waals surface area contributed by atoms with Crippen molar-refractivity contribution in [3.8, 4) is 11.5 Å². The maximum absolute atomic E-state index is 5.32. The summed E-state index contributed by atoms with van der Waals surface area (Å²) in [6.07, 6.45) is 1.71. The van der Waals surface area contributed by atoms with Gasteiger partial charge in [0, 0.05) is 23.6 Å². The Morgan fingerprint density at radius 2 is 1.50 bits per heavy atom. The van der Waals surface area contributed by atoms with E-state index in [9.17, 15) is 0 Å². The van der Waals surface area contributed by atoms with Crippen molar-refractivity contribution in [1.82, 2.24) is 9.97 Å². The molecule has 0 aliphatic heterocycles. The number of ether oxygens (including phenoxy) is 2. The molecular formula is C20H22N4O2. The highest BCUT2D eigenvalue weighted by molar-refractivity contribution is 5.62. The largest absolute Gasteiger partial charge is 0.493 e. The standard InChI is InChI=1S/C20H22N4O2/c1-13-5-6-15(11-14(13)2)22-19-9-10-21-20(24-19)23-16-7-8-17(25-3)18(12-16)26-4/h5-12H,1-4H3,(H2,21,22,23,24). The van der Waals surface area contributed by atoms with Gasteiger partial charge in [-0.25, -0.2) is 4.98 Å². The Hall–Kier alpha value is -3.28. The number of methoxy groups -OCH3 is 2. The number of hydrogen-bond donors (Lipinski definition) is 2. The summed E-state index contributed by atoms with van der Waals surface area (Å²) in [7, 11) is 3.21. The van der Waals surface area contributed by atoms with Gasteiger partial charge in [0.2, 0.25) is 5.95 Å². The predicted octanol–water partition coefficient (Wildman–Crippen LogP) is 4.60. The van der Waals surface area contributed by atoms with Gasteiger partial charge in [-0.3, -0.25) is 0 Å². The second-order valence-electron chi connectivity index (χ2n) is 5.88. The predicted molar refractivity (Wildman–Crippen MR) is 104 cm³/mol. The zero-order valence-corrected chi connectivity index (χ0v) is 15.3. The lowest BCUT2D eigenvalue weighted by atomic mass is 10.1. The number of benzene rings is 2. The van der Waals surface area contributed by atoms with Gasteiger partial charge in [0.05, 0.1) is 14.2 Å². The summed E-state index contributed by atoms with van der Waals surface area (Å²) >= 11 is 0. The van der Waals surface area contributed by atoms with Crippen LogP contribution in [0.5, 0.6) is 11.5 Å². The molecule has 2 N–H and O–H groups in total. The Bertz CT molecular complexity index is 912. The van der Waals surface area contributed by atoms with E-state index in [-0.39, 0.29) is 0 Å². The molecule has 6 nitrogen and oxygen atoms in total. The lowest BCUT2D eigenvalue weighted by Crippen LogP contribution is -2.01. The van der Waals surface area contributed by atoms with Gasteiger partial charge in [0.25, 0.3) is 0 Å². The van der Waals surface area contributed by atoms with Crippen LogP contribution in [0.15, 0.2) is 48.7 Å². The minimum Gasteiger partial charge on any atom is -0.493 e. The third kappa shape index (κ3) is 4.03. The second kappa shape index (κ2) is 7.74. The molecule has 0 fully saturated rings. The average Bonchev–Trinajstić information content (AvgIpc) is 2.65. The van der Waals surface area contributed by atoms with Gasteiger partial charge >= 0.3 is 0 Å². The number of aromatic nitrogens is 2. The zero-order chi connectivity index (χ0) is 18.5. The number of nitrogens with one attached hydrogen (secondary N) is 2. The SMILES string of the molecule is COc1ccc(Nc2nccc(Nc3ccc(C)c(C)c3)n2)cc1OC. The van der Waals surface area contributed by atoms with Gasteiger partial charge in [0.1, 0.15) is 5.82 Å². The molecule has 0 radical (unpaired) electrons. The van der Waals surface area contributed by atoms with E-state index in [2.05, 4.69) is 46.6 Å². The Morgan fingerprint density at radius 1 is 0.769 bits per heavy atom. The first kappa shape index (κ1) is 17.5. The van der Waals surface area contributed by atoms with Crippen molar-refractivity contribution in [3.63, 3.8) is 0 Å². The Kier molecular flexibility index (Phi) is 5.22. The summed E-state index contributed by atoms with van der Waals surface area (Å²) in [5, 5.41) is 6.48. The van der Waals surface area contributed by atoms with E-state index in [0.29, 0.717) is 23.3 Å².